The van der Waals surface area contributed by atoms with E-state index < -0.39 is 11.7 Å². The Morgan fingerprint density at radius 3 is 2.46 bits per heavy atom. The quantitative estimate of drug-likeness (QED) is 0.743. The molecule has 0 fully saturated rings. The Hall–Kier alpha value is -3.08. The molecule has 1 amide bonds. The van der Waals surface area contributed by atoms with Crippen molar-refractivity contribution in [1.82, 2.24) is 10.3 Å². The van der Waals surface area contributed by atoms with Gasteiger partial charge >= 0.3 is 6.09 Å². The zero-order valence-electron chi connectivity index (χ0n) is 15.1. The molecule has 3 rings (SSSR count). The topological polar surface area (TPSA) is 71.2 Å². The Bertz CT molecular complexity index is 986. The van der Waals surface area contributed by atoms with Crippen LogP contribution in [0.25, 0.3) is 22.0 Å². The number of fused-ring (bicyclic) bond motifs is 1. The molecule has 0 aliphatic heterocycles. The highest BCUT2D eigenvalue weighted by Crippen LogP contribution is 2.22. The van der Waals surface area contributed by atoms with E-state index in [1.54, 1.807) is 20.8 Å². The zero-order chi connectivity index (χ0) is 18.7. The van der Waals surface area contributed by atoms with Gasteiger partial charge < -0.3 is 15.0 Å². The third-order valence-corrected chi connectivity index (χ3v) is 3.81. The average Bonchev–Trinajstić information content (AvgIpc) is 2.59. The summed E-state index contributed by atoms with van der Waals surface area (Å²) in [5.74, 6) is 0. The first-order valence-corrected chi connectivity index (χ1v) is 8.50. The number of H-pyrrole nitrogens is 1. The highest BCUT2D eigenvalue weighted by atomic mass is 16.6. The molecular weight excluding hydrogens is 328 g/mol. The number of amides is 1. The molecule has 0 aliphatic rings. The number of nitrogens with one attached hydrogen (secondary N) is 2. The molecule has 0 radical (unpaired) electrons. The van der Waals surface area contributed by atoms with Crippen LogP contribution < -0.4 is 10.7 Å². The van der Waals surface area contributed by atoms with Crippen LogP contribution in [0.2, 0.25) is 0 Å². The van der Waals surface area contributed by atoms with Crippen LogP contribution in [0.5, 0.6) is 0 Å². The van der Waals surface area contributed by atoms with Crippen LogP contribution in [0, 0.1) is 0 Å². The van der Waals surface area contributed by atoms with Crippen molar-refractivity contribution in [3.8, 4) is 11.1 Å². The van der Waals surface area contributed by atoms with Crippen LogP contribution in [-0.2, 0) is 11.3 Å². The van der Waals surface area contributed by atoms with Gasteiger partial charge in [0.1, 0.15) is 5.60 Å². The lowest BCUT2D eigenvalue weighted by Gasteiger charge is -2.19. The van der Waals surface area contributed by atoms with Crippen molar-refractivity contribution in [3.63, 3.8) is 0 Å². The van der Waals surface area contributed by atoms with Crippen molar-refractivity contribution in [2.45, 2.75) is 32.9 Å². The second kappa shape index (κ2) is 7.04. The normalized spacial score (nSPS) is 11.3. The Labute approximate surface area is 152 Å². The minimum atomic E-state index is -0.561. The molecule has 26 heavy (non-hydrogen) atoms. The first kappa shape index (κ1) is 17.7. The van der Waals surface area contributed by atoms with Crippen molar-refractivity contribution in [2.75, 3.05) is 0 Å². The lowest BCUT2D eigenvalue weighted by molar-refractivity contribution is 0.0523. The molecule has 0 saturated heterocycles. The number of alkyl carbamates (subject to hydrolysis) is 1. The fraction of sp³-hybridized carbons (Fsp3) is 0.238. The minimum Gasteiger partial charge on any atom is -0.444 e. The lowest BCUT2D eigenvalue weighted by Crippen LogP contribution is -2.32. The van der Waals surface area contributed by atoms with Gasteiger partial charge in [-0.25, -0.2) is 4.79 Å². The van der Waals surface area contributed by atoms with Crippen LogP contribution in [0.15, 0.2) is 59.4 Å². The van der Waals surface area contributed by atoms with E-state index >= 15 is 0 Å². The lowest BCUT2D eigenvalue weighted by atomic mass is 10.0. The first-order valence-electron chi connectivity index (χ1n) is 8.50. The van der Waals surface area contributed by atoms with Crippen molar-refractivity contribution >= 4 is 17.0 Å². The Kier molecular flexibility index (Phi) is 4.80. The maximum absolute atomic E-state index is 12.5. The van der Waals surface area contributed by atoms with E-state index in [1.165, 1.54) is 6.07 Å². The van der Waals surface area contributed by atoms with Gasteiger partial charge in [0.15, 0.2) is 5.43 Å². The fourth-order valence-corrected chi connectivity index (χ4v) is 2.69. The number of carbonyl (C=O) groups is 1. The van der Waals surface area contributed by atoms with Gasteiger partial charge in [-0.1, -0.05) is 36.4 Å². The summed E-state index contributed by atoms with van der Waals surface area (Å²) in [4.78, 5) is 27.4. The molecule has 3 aromatic rings. The number of aromatic amines is 1. The largest absolute Gasteiger partial charge is 0.444 e. The number of hydrogen-bond acceptors (Lipinski definition) is 3. The molecule has 0 spiro atoms. The molecule has 0 unspecified atom stereocenters. The summed E-state index contributed by atoms with van der Waals surface area (Å²) in [6, 6.07) is 17.2. The summed E-state index contributed by atoms with van der Waals surface area (Å²) in [6.45, 7) is 5.60. The summed E-state index contributed by atoms with van der Waals surface area (Å²) < 4.78 is 5.20. The van der Waals surface area contributed by atoms with E-state index in [-0.39, 0.29) is 12.0 Å². The second-order valence-electron chi connectivity index (χ2n) is 7.14. The molecule has 0 aliphatic carbocycles. The highest BCUT2D eigenvalue weighted by Gasteiger charge is 2.16. The van der Waals surface area contributed by atoms with E-state index in [1.807, 2.05) is 48.5 Å². The van der Waals surface area contributed by atoms with Crippen LogP contribution in [0.1, 0.15) is 26.5 Å². The summed E-state index contributed by atoms with van der Waals surface area (Å²) in [5.41, 5.74) is 2.76. The Morgan fingerprint density at radius 1 is 1.04 bits per heavy atom. The van der Waals surface area contributed by atoms with E-state index in [2.05, 4.69) is 10.3 Å². The van der Waals surface area contributed by atoms with Crippen LogP contribution in [0.4, 0.5) is 4.79 Å². The molecule has 2 aromatic carbocycles. The molecule has 0 atom stereocenters. The molecule has 0 saturated carbocycles. The van der Waals surface area contributed by atoms with E-state index in [0.717, 1.165) is 16.6 Å². The molecule has 0 bridgehead atoms. The van der Waals surface area contributed by atoms with E-state index in [0.29, 0.717) is 11.1 Å². The summed E-state index contributed by atoms with van der Waals surface area (Å²) >= 11 is 0. The Morgan fingerprint density at radius 2 is 1.77 bits per heavy atom. The standard InChI is InChI=1S/C21H22N2O3/c1-21(2,3)26-20(25)22-13-16-12-19(24)17-11-15(9-10-18(17)23-16)14-7-5-4-6-8-14/h4-12H,13H2,1-3H3,(H,22,25)(H,23,24). The number of ether oxygens (including phenoxy) is 1. The van der Waals surface area contributed by atoms with Gasteiger partial charge in [-0.2, -0.15) is 0 Å². The molecule has 5 nitrogen and oxygen atoms in total. The van der Waals surface area contributed by atoms with Gasteiger partial charge in [0.05, 0.1) is 6.54 Å². The van der Waals surface area contributed by atoms with Crippen molar-refractivity contribution in [1.29, 1.82) is 0 Å². The first-order chi connectivity index (χ1) is 12.3. The van der Waals surface area contributed by atoms with E-state index in [4.69, 9.17) is 4.74 Å². The molecule has 1 heterocycles. The predicted octanol–water partition coefficient (Wildman–Crippen LogP) is 4.22. The Balaban J connectivity index is 1.83. The third-order valence-electron chi connectivity index (χ3n) is 3.81. The number of benzene rings is 2. The van der Waals surface area contributed by atoms with E-state index in [9.17, 15) is 9.59 Å². The maximum atomic E-state index is 12.5. The van der Waals surface area contributed by atoms with Gasteiger partial charge in [-0.15, -0.1) is 0 Å². The maximum Gasteiger partial charge on any atom is 0.407 e. The summed E-state index contributed by atoms with van der Waals surface area (Å²) in [6.07, 6.45) is -0.516. The van der Waals surface area contributed by atoms with Gasteiger partial charge in [0, 0.05) is 22.7 Å². The molecule has 134 valence electrons. The number of pyridine rings is 1. The van der Waals surface area contributed by atoms with Gasteiger partial charge in [-0.3, -0.25) is 4.79 Å². The highest BCUT2D eigenvalue weighted by molar-refractivity contribution is 5.84. The van der Waals surface area contributed by atoms with Crippen molar-refractivity contribution < 1.29 is 9.53 Å². The number of carbonyl (C=O) groups excluding carboxylic acids is 1. The smallest absolute Gasteiger partial charge is 0.407 e. The SMILES string of the molecule is CC(C)(C)OC(=O)NCc1cc(=O)c2cc(-c3ccccc3)ccc2[nH]1. The predicted molar refractivity (Wildman–Crippen MR) is 103 cm³/mol. The molecule has 5 heteroatoms. The monoisotopic (exact) mass is 350 g/mol. The second-order valence-corrected chi connectivity index (χ2v) is 7.14. The summed E-state index contributed by atoms with van der Waals surface area (Å²) in [5, 5.41) is 3.27. The number of rotatable bonds is 3. The number of aromatic nitrogens is 1. The van der Waals surface area contributed by atoms with Gasteiger partial charge in [-0.05, 0) is 44.0 Å². The zero-order valence-corrected chi connectivity index (χ0v) is 15.1. The van der Waals surface area contributed by atoms with Crippen LogP contribution in [0.3, 0.4) is 0 Å². The number of hydrogen-bond donors (Lipinski definition) is 2. The summed E-state index contributed by atoms with van der Waals surface area (Å²) in [7, 11) is 0. The fourth-order valence-electron chi connectivity index (χ4n) is 2.69. The molecule has 2 N–H and O–H groups in total. The van der Waals surface area contributed by atoms with Gasteiger partial charge in [0.2, 0.25) is 0 Å². The molecule has 1 aromatic heterocycles. The van der Waals surface area contributed by atoms with Crippen LogP contribution in [-0.4, -0.2) is 16.7 Å². The van der Waals surface area contributed by atoms with Gasteiger partial charge in [0.25, 0.3) is 0 Å². The molecular formula is C21H22N2O3. The third kappa shape index (κ3) is 4.30. The average molecular weight is 350 g/mol. The van der Waals surface area contributed by atoms with Crippen molar-refractivity contribution in [3.05, 3.63) is 70.5 Å². The van der Waals surface area contributed by atoms with Crippen LogP contribution >= 0.6 is 0 Å². The van der Waals surface area contributed by atoms with Crippen molar-refractivity contribution in [2.24, 2.45) is 0 Å². The minimum absolute atomic E-state index is 0.0856.